The van der Waals surface area contributed by atoms with E-state index in [2.05, 4.69) is 35.8 Å². The number of aryl methyl sites for hydroxylation is 2. The largest absolute Gasteiger partial charge is 0.353 e. The van der Waals surface area contributed by atoms with Crippen molar-refractivity contribution >= 4 is 34.0 Å². The first-order valence-corrected chi connectivity index (χ1v) is 8.17. The lowest BCUT2D eigenvalue weighted by atomic mass is 10.2. The van der Waals surface area contributed by atoms with Crippen LogP contribution in [0.5, 0.6) is 0 Å². The molecular formula is C19H17N7. The minimum absolute atomic E-state index is 0.657. The number of anilines is 4. The lowest BCUT2D eigenvalue weighted by Gasteiger charge is -2.09. The normalized spacial score (nSPS) is 10.7. The van der Waals surface area contributed by atoms with Crippen molar-refractivity contribution < 1.29 is 0 Å². The number of pyridine rings is 3. The Labute approximate surface area is 150 Å². The van der Waals surface area contributed by atoms with E-state index in [9.17, 15) is 0 Å². The number of rotatable bonds is 4. The van der Waals surface area contributed by atoms with E-state index in [1.165, 1.54) is 0 Å². The van der Waals surface area contributed by atoms with Crippen molar-refractivity contribution in [3.8, 4) is 0 Å². The van der Waals surface area contributed by atoms with Gasteiger partial charge in [-0.05, 0) is 55.3 Å². The summed E-state index contributed by atoms with van der Waals surface area (Å²) in [4.78, 5) is 13.3. The summed E-state index contributed by atoms with van der Waals surface area (Å²) in [5, 5.41) is 14.5. The van der Waals surface area contributed by atoms with Gasteiger partial charge in [0.15, 0.2) is 5.82 Å². The predicted molar refractivity (Wildman–Crippen MR) is 102 cm³/mol. The summed E-state index contributed by atoms with van der Waals surface area (Å²) in [6.07, 6.45) is 7.09. The van der Waals surface area contributed by atoms with Gasteiger partial charge in [0.1, 0.15) is 5.82 Å². The summed E-state index contributed by atoms with van der Waals surface area (Å²) in [7, 11) is 0. The van der Waals surface area contributed by atoms with E-state index in [-0.39, 0.29) is 0 Å². The molecule has 0 aliphatic rings. The van der Waals surface area contributed by atoms with Gasteiger partial charge in [-0.1, -0.05) is 0 Å². The Bertz CT molecular complexity index is 996. The molecule has 4 heterocycles. The van der Waals surface area contributed by atoms with Gasteiger partial charge in [0.25, 0.3) is 0 Å². The van der Waals surface area contributed by atoms with Crippen molar-refractivity contribution in [1.29, 1.82) is 0 Å². The highest BCUT2D eigenvalue weighted by Gasteiger charge is 2.04. The maximum Gasteiger partial charge on any atom is 0.154 e. The Morgan fingerprint density at radius 2 is 1.58 bits per heavy atom. The van der Waals surface area contributed by atoms with Crippen molar-refractivity contribution in [2.75, 3.05) is 10.6 Å². The Balaban J connectivity index is 1.62. The molecule has 7 nitrogen and oxygen atoms in total. The van der Waals surface area contributed by atoms with Crippen molar-refractivity contribution in [3.63, 3.8) is 0 Å². The van der Waals surface area contributed by atoms with E-state index >= 15 is 0 Å². The van der Waals surface area contributed by atoms with Crippen LogP contribution in [0.15, 0.2) is 55.1 Å². The average molecular weight is 343 g/mol. The minimum Gasteiger partial charge on any atom is -0.353 e. The second-order valence-corrected chi connectivity index (χ2v) is 6.08. The molecule has 0 saturated carbocycles. The molecule has 2 N–H and O–H groups in total. The SMILES string of the molecule is Cc1cncc(Nc2cnc3ccc(Nc4cc(C)cnn4)nc3c2)c1. The van der Waals surface area contributed by atoms with Crippen LogP contribution in [0.3, 0.4) is 0 Å². The van der Waals surface area contributed by atoms with Crippen molar-refractivity contribution in [1.82, 2.24) is 25.1 Å². The van der Waals surface area contributed by atoms with E-state index in [1.807, 2.05) is 50.4 Å². The summed E-state index contributed by atoms with van der Waals surface area (Å²) >= 11 is 0. The summed E-state index contributed by atoms with van der Waals surface area (Å²) in [6.45, 7) is 3.97. The standard InChI is InChI=1S/C19H17N7/c1-12-5-14(10-20-8-12)23-15-7-17-16(21-11-15)3-4-18(24-17)25-19-6-13(2)9-22-26-19/h3-11,23H,1-2H3,(H,24,25,26). The van der Waals surface area contributed by atoms with E-state index in [1.54, 1.807) is 18.6 Å². The Kier molecular flexibility index (Phi) is 4.10. The van der Waals surface area contributed by atoms with Gasteiger partial charge < -0.3 is 10.6 Å². The van der Waals surface area contributed by atoms with Gasteiger partial charge in [0, 0.05) is 6.20 Å². The molecule has 4 rings (SSSR count). The Morgan fingerprint density at radius 1 is 0.731 bits per heavy atom. The number of hydrogen-bond donors (Lipinski definition) is 2. The molecule has 128 valence electrons. The molecule has 0 amide bonds. The van der Waals surface area contributed by atoms with Gasteiger partial charge >= 0.3 is 0 Å². The highest BCUT2D eigenvalue weighted by Crippen LogP contribution is 2.22. The number of nitrogens with one attached hydrogen (secondary N) is 2. The minimum atomic E-state index is 0.657. The molecule has 4 aromatic rings. The van der Waals surface area contributed by atoms with Crippen LogP contribution in [0.1, 0.15) is 11.1 Å². The van der Waals surface area contributed by atoms with E-state index in [0.29, 0.717) is 11.6 Å². The predicted octanol–water partition coefficient (Wildman–Crippen LogP) is 3.92. The molecule has 4 aromatic heterocycles. The fourth-order valence-corrected chi connectivity index (χ4v) is 2.59. The molecule has 7 heteroatoms. The third kappa shape index (κ3) is 3.56. The highest BCUT2D eigenvalue weighted by molar-refractivity contribution is 5.80. The highest BCUT2D eigenvalue weighted by atomic mass is 15.2. The molecule has 0 aliphatic heterocycles. The molecule has 0 aromatic carbocycles. The van der Waals surface area contributed by atoms with Crippen LogP contribution in [-0.4, -0.2) is 25.1 Å². The average Bonchev–Trinajstić information content (AvgIpc) is 2.61. The van der Waals surface area contributed by atoms with Crippen LogP contribution in [-0.2, 0) is 0 Å². The van der Waals surface area contributed by atoms with Crippen LogP contribution < -0.4 is 10.6 Å². The number of aromatic nitrogens is 5. The van der Waals surface area contributed by atoms with Crippen LogP contribution in [0.25, 0.3) is 11.0 Å². The van der Waals surface area contributed by atoms with Crippen molar-refractivity contribution in [3.05, 3.63) is 66.2 Å². The van der Waals surface area contributed by atoms with E-state index in [4.69, 9.17) is 0 Å². The van der Waals surface area contributed by atoms with E-state index in [0.717, 1.165) is 33.5 Å². The first kappa shape index (κ1) is 15.9. The van der Waals surface area contributed by atoms with Crippen LogP contribution in [0, 0.1) is 13.8 Å². The molecule has 0 unspecified atom stereocenters. The topological polar surface area (TPSA) is 88.5 Å². The smallest absolute Gasteiger partial charge is 0.154 e. The summed E-state index contributed by atoms with van der Waals surface area (Å²) in [5.41, 5.74) is 5.48. The first-order valence-electron chi connectivity index (χ1n) is 8.17. The third-order valence-corrected chi connectivity index (χ3v) is 3.75. The van der Waals surface area contributed by atoms with Crippen LogP contribution in [0.4, 0.5) is 23.0 Å². The molecule has 0 radical (unpaired) electrons. The van der Waals surface area contributed by atoms with Crippen molar-refractivity contribution in [2.24, 2.45) is 0 Å². The number of hydrogen-bond acceptors (Lipinski definition) is 7. The lowest BCUT2D eigenvalue weighted by Crippen LogP contribution is -1.99. The van der Waals surface area contributed by atoms with Gasteiger partial charge in [-0.15, -0.1) is 5.10 Å². The van der Waals surface area contributed by atoms with Crippen LogP contribution >= 0.6 is 0 Å². The first-order chi connectivity index (χ1) is 12.7. The summed E-state index contributed by atoms with van der Waals surface area (Å²) in [6, 6.07) is 9.69. The third-order valence-electron chi connectivity index (χ3n) is 3.75. The van der Waals surface area contributed by atoms with Gasteiger partial charge in [0.2, 0.25) is 0 Å². The van der Waals surface area contributed by atoms with Gasteiger partial charge in [-0.2, -0.15) is 5.10 Å². The molecule has 26 heavy (non-hydrogen) atoms. The van der Waals surface area contributed by atoms with Crippen LogP contribution in [0.2, 0.25) is 0 Å². The zero-order valence-electron chi connectivity index (χ0n) is 14.4. The second-order valence-electron chi connectivity index (χ2n) is 6.08. The second kappa shape index (κ2) is 6.72. The fraction of sp³-hybridized carbons (Fsp3) is 0.105. The molecule has 0 fully saturated rings. The molecule has 0 atom stereocenters. The van der Waals surface area contributed by atoms with Gasteiger partial charge in [-0.25, -0.2) is 4.98 Å². The monoisotopic (exact) mass is 343 g/mol. The Morgan fingerprint density at radius 3 is 2.42 bits per heavy atom. The Hall–Kier alpha value is -3.61. The molecule has 0 spiro atoms. The number of nitrogens with zero attached hydrogens (tertiary/aromatic N) is 5. The fourth-order valence-electron chi connectivity index (χ4n) is 2.59. The molecule has 0 bridgehead atoms. The maximum atomic E-state index is 4.62. The lowest BCUT2D eigenvalue weighted by molar-refractivity contribution is 1.02. The zero-order chi connectivity index (χ0) is 17.9. The number of fused-ring (bicyclic) bond motifs is 1. The quantitative estimate of drug-likeness (QED) is 0.580. The van der Waals surface area contributed by atoms with Crippen molar-refractivity contribution in [2.45, 2.75) is 13.8 Å². The molecule has 0 aliphatic carbocycles. The van der Waals surface area contributed by atoms with Gasteiger partial charge in [-0.3, -0.25) is 9.97 Å². The maximum absolute atomic E-state index is 4.62. The summed E-state index contributed by atoms with van der Waals surface area (Å²) in [5.74, 6) is 1.35. The van der Waals surface area contributed by atoms with E-state index < -0.39 is 0 Å². The molecule has 0 saturated heterocycles. The molecular weight excluding hydrogens is 326 g/mol. The zero-order valence-corrected chi connectivity index (χ0v) is 14.4. The summed E-state index contributed by atoms with van der Waals surface area (Å²) < 4.78 is 0. The van der Waals surface area contributed by atoms with Gasteiger partial charge in [0.05, 0.1) is 41.0 Å².